The molecule has 2 aromatic rings. The van der Waals surface area contributed by atoms with Crippen LogP contribution in [0.1, 0.15) is 16.1 Å². The molecular formula is C13H10ClN3O4S2. The molecule has 2 N–H and O–H groups in total. The number of furan rings is 1. The largest absolute Gasteiger partial charge is 0.459 e. The summed E-state index contributed by atoms with van der Waals surface area (Å²) < 4.78 is 33.0. The Kier molecular flexibility index (Phi) is 4.09. The van der Waals surface area contributed by atoms with Crippen LogP contribution in [0.25, 0.3) is 0 Å². The smallest absolute Gasteiger partial charge is 0.305 e. The molecule has 10 heteroatoms. The maximum atomic E-state index is 12.2. The average molecular weight is 372 g/mol. The van der Waals surface area contributed by atoms with Crippen LogP contribution in [0.3, 0.4) is 0 Å². The minimum atomic E-state index is -3.86. The summed E-state index contributed by atoms with van der Waals surface area (Å²) in [6, 6.07) is 6.06. The number of nitrogens with zero attached hydrogens (tertiary/aromatic N) is 1. The highest BCUT2D eigenvalue weighted by molar-refractivity contribution is 8.15. The summed E-state index contributed by atoms with van der Waals surface area (Å²) in [5.74, 6) is -0.468. The molecule has 0 saturated heterocycles. The quantitative estimate of drug-likeness (QED) is 0.746. The number of hydrogen-bond donors (Lipinski definition) is 2. The minimum absolute atomic E-state index is 0.0114. The van der Waals surface area contributed by atoms with E-state index in [1.165, 1.54) is 18.4 Å². The van der Waals surface area contributed by atoms with Gasteiger partial charge in [-0.25, -0.2) is 0 Å². The lowest BCUT2D eigenvalue weighted by molar-refractivity contribution is 0.0916. The van der Waals surface area contributed by atoms with Gasteiger partial charge in [0.15, 0.2) is 10.9 Å². The van der Waals surface area contributed by atoms with Gasteiger partial charge in [-0.15, -0.1) is 4.40 Å². The van der Waals surface area contributed by atoms with Gasteiger partial charge in [0.2, 0.25) is 0 Å². The molecule has 7 nitrogen and oxygen atoms in total. The van der Waals surface area contributed by atoms with Gasteiger partial charge in [0.1, 0.15) is 4.90 Å². The van der Waals surface area contributed by atoms with Crippen molar-refractivity contribution in [3.05, 3.63) is 46.9 Å². The first-order chi connectivity index (χ1) is 10.9. The van der Waals surface area contributed by atoms with Crippen molar-refractivity contribution >= 4 is 44.5 Å². The van der Waals surface area contributed by atoms with Gasteiger partial charge in [0, 0.05) is 9.92 Å². The Hall–Kier alpha value is -1.97. The van der Waals surface area contributed by atoms with E-state index in [4.69, 9.17) is 16.0 Å². The van der Waals surface area contributed by atoms with Crippen molar-refractivity contribution in [2.75, 3.05) is 0 Å². The number of amides is 1. The van der Waals surface area contributed by atoms with Gasteiger partial charge in [-0.3, -0.25) is 15.6 Å². The predicted molar refractivity (Wildman–Crippen MR) is 86.0 cm³/mol. The average Bonchev–Trinajstić information content (AvgIpc) is 3.01. The van der Waals surface area contributed by atoms with Crippen molar-refractivity contribution in [1.29, 1.82) is 0 Å². The summed E-state index contributed by atoms with van der Waals surface area (Å²) in [6.45, 7) is 1.71. The number of carbonyl (C=O) groups is 1. The zero-order valence-electron chi connectivity index (χ0n) is 11.7. The number of benzene rings is 1. The number of hydrazine groups is 1. The monoisotopic (exact) mass is 371 g/mol. The second kappa shape index (κ2) is 5.91. The first kappa shape index (κ1) is 15.9. The number of hydrogen-bond acceptors (Lipinski definition) is 6. The molecule has 0 saturated carbocycles. The van der Waals surface area contributed by atoms with E-state index in [0.29, 0.717) is 15.5 Å². The van der Waals surface area contributed by atoms with Crippen molar-refractivity contribution in [2.45, 2.75) is 16.7 Å². The molecular weight excluding hydrogens is 362 g/mol. The van der Waals surface area contributed by atoms with Gasteiger partial charge < -0.3 is 4.42 Å². The Morgan fingerprint density at radius 1 is 1.39 bits per heavy atom. The number of halogens is 1. The third-order valence-corrected chi connectivity index (χ3v) is 5.85. The number of aryl methyl sites for hydroxylation is 1. The van der Waals surface area contributed by atoms with Crippen LogP contribution in [-0.2, 0) is 10.0 Å². The molecule has 1 aromatic carbocycles. The highest BCUT2D eigenvalue weighted by Crippen LogP contribution is 2.36. The molecule has 0 atom stereocenters. The number of fused-ring (bicyclic) bond motifs is 1. The summed E-state index contributed by atoms with van der Waals surface area (Å²) in [7, 11) is -3.86. The predicted octanol–water partition coefficient (Wildman–Crippen LogP) is 2.33. The van der Waals surface area contributed by atoms with Gasteiger partial charge in [-0.1, -0.05) is 11.6 Å². The molecule has 2 heterocycles. The Morgan fingerprint density at radius 2 is 2.17 bits per heavy atom. The summed E-state index contributed by atoms with van der Waals surface area (Å²) in [5.41, 5.74) is 5.43. The number of amidine groups is 1. The summed E-state index contributed by atoms with van der Waals surface area (Å²) >= 11 is 7.08. The number of thioether (sulfide) groups is 1. The third kappa shape index (κ3) is 3.21. The molecule has 1 aliphatic heterocycles. The fourth-order valence-electron chi connectivity index (χ4n) is 1.83. The number of sulfonamides is 1. The van der Waals surface area contributed by atoms with Crippen LogP contribution in [0.5, 0.6) is 0 Å². The van der Waals surface area contributed by atoms with Crippen LogP contribution < -0.4 is 10.9 Å². The number of nitrogens with one attached hydrogen (secondary N) is 2. The van der Waals surface area contributed by atoms with Gasteiger partial charge in [-0.05, 0) is 48.5 Å². The van der Waals surface area contributed by atoms with Gasteiger partial charge in [-0.2, -0.15) is 8.42 Å². The number of carbonyl (C=O) groups excluding carboxylic acids is 1. The first-order valence-corrected chi connectivity index (χ1v) is 8.93. The van der Waals surface area contributed by atoms with E-state index in [2.05, 4.69) is 15.2 Å². The molecule has 0 bridgehead atoms. The Balaban J connectivity index is 1.82. The second-order valence-corrected chi connectivity index (χ2v) is 7.59. The van der Waals surface area contributed by atoms with Crippen LogP contribution in [-0.4, -0.2) is 19.5 Å². The highest BCUT2D eigenvalue weighted by Gasteiger charge is 2.27. The SMILES string of the molecule is Cc1cc2c(cc1Cl)SC(NNC(=O)c1ccco1)=NS2(=O)=O. The van der Waals surface area contributed by atoms with E-state index in [0.717, 1.165) is 11.8 Å². The van der Waals surface area contributed by atoms with Crippen LogP contribution >= 0.6 is 23.4 Å². The molecule has 3 rings (SSSR count). The van der Waals surface area contributed by atoms with E-state index in [9.17, 15) is 13.2 Å². The summed E-state index contributed by atoms with van der Waals surface area (Å²) in [6.07, 6.45) is 1.35. The Morgan fingerprint density at radius 3 is 2.87 bits per heavy atom. The van der Waals surface area contributed by atoms with Crippen molar-refractivity contribution in [1.82, 2.24) is 10.9 Å². The van der Waals surface area contributed by atoms with Gasteiger partial charge >= 0.3 is 5.91 Å². The van der Waals surface area contributed by atoms with E-state index >= 15 is 0 Å². The van der Waals surface area contributed by atoms with Crippen LogP contribution in [0, 0.1) is 6.92 Å². The van der Waals surface area contributed by atoms with Crippen molar-refractivity contribution in [2.24, 2.45) is 4.40 Å². The second-order valence-electron chi connectivity index (χ2n) is 4.58. The van der Waals surface area contributed by atoms with E-state index < -0.39 is 15.9 Å². The normalized spacial score (nSPS) is 15.5. The molecule has 23 heavy (non-hydrogen) atoms. The van der Waals surface area contributed by atoms with Crippen molar-refractivity contribution < 1.29 is 17.6 Å². The summed E-state index contributed by atoms with van der Waals surface area (Å²) in [5, 5.41) is 0.463. The van der Waals surface area contributed by atoms with Crippen LogP contribution in [0.2, 0.25) is 5.02 Å². The van der Waals surface area contributed by atoms with E-state index in [1.54, 1.807) is 19.1 Å². The zero-order chi connectivity index (χ0) is 16.6. The van der Waals surface area contributed by atoms with Crippen molar-refractivity contribution in [3.63, 3.8) is 0 Å². The lowest BCUT2D eigenvalue weighted by atomic mass is 10.2. The third-order valence-electron chi connectivity index (χ3n) is 2.94. The van der Waals surface area contributed by atoms with Gasteiger partial charge in [0.25, 0.3) is 10.0 Å². The van der Waals surface area contributed by atoms with E-state index in [-0.39, 0.29) is 15.8 Å². The maximum absolute atomic E-state index is 12.2. The summed E-state index contributed by atoms with van der Waals surface area (Å²) in [4.78, 5) is 12.3. The maximum Gasteiger partial charge on any atom is 0.305 e. The molecule has 0 radical (unpaired) electrons. The zero-order valence-corrected chi connectivity index (χ0v) is 14.1. The topological polar surface area (TPSA) is 101 Å². The standard InChI is InChI=1S/C13H10ClN3O4S2/c1-7-5-11-10(6-8(7)14)22-13(17-23(11,19)20)16-15-12(18)9-3-2-4-21-9/h2-6H,1H3,(H,15,18)(H,16,17). The first-order valence-electron chi connectivity index (χ1n) is 6.29. The lowest BCUT2D eigenvalue weighted by Crippen LogP contribution is -2.41. The minimum Gasteiger partial charge on any atom is -0.459 e. The Labute approximate surface area is 141 Å². The molecule has 0 fully saturated rings. The molecule has 1 aliphatic rings. The molecule has 0 unspecified atom stereocenters. The molecule has 1 aromatic heterocycles. The Bertz CT molecular complexity index is 908. The van der Waals surface area contributed by atoms with Crippen molar-refractivity contribution in [3.8, 4) is 0 Å². The fraction of sp³-hybridized carbons (Fsp3) is 0.0769. The van der Waals surface area contributed by atoms with Crippen LogP contribution in [0.4, 0.5) is 0 Å². The molecule has 1 amide bonds. The highest BCUT2D eigenvalue weighted by atomic mass is 35.5. The number of rotatable bonds is 1. The molecule has 0 aliphatic carbocycles. The van der Waals surface area contributed by atoms with Gasteiger partial charge in [0.05, 0.1) is 6.26 Å². The van der Waals surface area contributed by atoms with Crippen LogP contribution in [0.15, 0.2) is 49.1 Å². The van der Waals surface area contributed by atoms with E-state index in [1.807, 2.05) is 0 Å². The molecule has 120 valence electrons. The molecule has 0 spiro atoms. The lowest BCUT2D eigenvalue weighted by Gasteiger charge is -2.17. The fourth-order valence-corrected chi connectivity index (χ4v) is 4.59.